The van der Waals surface area contributed by atoms with Gasteiger partial charge in [-0.3, -0.25) is 14.9 Å². The quantitative estimate of drug-likeness (QED) is 0.735. The maximum absolute atomic E-state index is 5.87. The third-order valence-corrected chi connectivity index (χ3v) is 4.77. The molecule has 130 valence electrons. The Hall–Kier alpha value is -2.24. The van der Waals surface area contributed by atoms with Crippen LogP contribution < -0.4 is 0 Å². The second-order valence-corrected chi connectivity index (χ2v) is 6.93. The Morgan fingerprint density at radius 2 is 2.24 bits per heavy atom. The first kappa shape index (κ1) is 16.2. The van der Waals surface area contributed by atoms with Crippen molar-refractivity contribution in [1.82, 2.24) is 19.3 Å². The maximum atomic E-state index is 5.87. The third-order valence-electron chi connectivity index (χ3n) is 4.77. The number of rotatable bonds is 4. The molecule has 1 saturated heterocycles. The number of hydrogen-bond acceptors (Lipinski definition) is 4. The molecule has 0 aromatic carbocycles. The summed E-state index contributed by atoms with van der Waals surface area (Å²) in [6.45, 7) is 6.60. The lowest BCUT2D eigenvalue weighted by Gasteiger charge is -2.23. The van der Waals surface area contributed by atoms with Gasteiger partial charge in [-0.1, -0.05) is 6.07 Å². The van der Waals surface area contributed by atoms with Gasteiger partial charge < -0.3 is 9.14 Å². The molecule has 3 aromatic rings. The molecule has 5 nitrogen and oxygen atoms in total. The molecule has 0 aliphatic carbocycles. The lowest BCUT2D eigenvalue weighted by Crippen LogP contribution is -2.30. The molecular formula is C20H24N4O. The number of hydrogen-bond donors (Lipinski definition) is 0. The molecule has 0 spiro atoms. The van der Waals surface area contributed by atoms with Crippen molar-refractivity contribution in [3.63, 3.8) is 0 Å². The minimum absolute atomic E-state index is 0.453. The van der Waals surface area contributed by atoms with Gasteiger partial charge in [-0.2, -0.15) is 0 Å². The lowest BCUT2D eigenvalue weighted by molar-refractivity contribution is 0.121. The van der Waals surface area contributed by atoms with E-state index in [4.69, 9.17) is 4.74 Å². The number of fused-ring (bicyclic) bond motifs is 1. The van der Waals surface area contributed by atoms with Gasteiger partial charge >= 0.3 is 0 Å². The molecule has 25 heavy (non-hydrogen) atoms. The summed E-state index contributed by atoms with van der Waals surface area (Å²) in [6, 6.07) is 6.42. The van der Waals surface area contributed by atoms with Gasteiger partial charge in [-0.05, 0) is 36.6 Å². The van der Waals surface area contributed by atoms with Gasteiger partial charge in [0, 0.05) is 56.5 Å². The van der Waals surface area contributed by atoms with Crippen molar-refractivity contribution >= 4 is 5.52 Å². The van der Waals surface area contributed by atoms with Crippen LogP contribution in [0.5, 0.6) is 0 Å². The van der Waals surface area contributed by atoms with Gasteiger partial charge in [0.05, 0.1) is 24.4 Å². The zero-order chi connectivity index (χ0) is 17.1. The van der Waals surface area contributed by atoms with Crippen molar-refractivity contribution < 1.29 is 4.74 Å². The molecule has 1 aliphatic heterocycles. The molecule has 0 bridgehead atoms. The van der Waals surface area contributed by atoms with Crippen molar-refractivity contribution in [2.45, 2.75) is 19.9 Å². The van der Waals surface area contributed by atoms with E-state index in [1.165, 1.54) is 16.6 Å². The molecule has 0 N–H and O–H groups in total. The van der Waals surface area contributed by atoms with Gasteiger partial charge in [0.1, 0.15) is 0 Å². The lowest BCUT2D eigenvalue weighted by atomic mass is 10.0. The Kier molecular flexibility index (Phi) is 4.76. The summed E-state index contributed by atoms with van der Waals surface area (Å²) in [5, 5.41) is 0. The summed E-state index contributed by atoms with van der Waals surface area (Å²) in [6.07, 6.45) is 10.8. The summed E-state index contributed by atoms with van der Waals surface area (Å²) in [7, 11) is 0. The number of aryl methyl sites for hydroxylation is 1. The van der Waals surface area contributed by atoms with Crippen molar-refractivity contribution in [3.8, 4) is 0 Å². The zero-order valence-corrected chi connectivity index (χ0v) is 14.6. The Labute approximate surface area is 148 Å². The van der Waals surface area contributed by atoms with E-state index in [1.54, 1.807) is 0 Å². The predicted octanol–water partition coefficient (Wildman–Crippen LogP) is 2.73. The van der Waals surface area contributed by atoms with Crippen LogP contribution in [0.15, 0.2) is 49.2 Å². The monoisotopic (exact) mass is 336 g/mol. The molecule has 3 aromatic heterocycles. The van der Waals surface area contributed by atoms with Crippen LogP contribution in [-0.4, -0.2) is 45.6 Å². The smallest absolute Gasteiger partial charge is 0.0666 e. The van der Waals surface area contributed by atoms with E-state index in [9.17, 15) is 0 Å². The van der Waals surface area contributed by atoms with E-state index in [0.717, 1.165) is 45.0 Å². The second-order valence-electron chi connectivity index (χ2n) is 6.93. The standard InChI is InChI=1S/C20H24N4O/c1-16-9-17(12-21-11-16)13-23-7-8-25-15-18(14-23)10-19-20-3-2-5-24(20)6-4-22-19/h2-6,9,11-12,18H,7-8,10,13-15H2,1H3. The highest BCUT2D eigenvalue weighted by Crippen LogP contribution is 2.18. The van der Waals surface area contributed by atoms with Crippen LogP contribution in [0.2, 0.25) is 0 Å². The summed E-state index contributed by atoms with van der Waals surface area (Å²) in [5.41, 5.74) is 4.83. The highest BCUT2D eigenvalue weighted by atomic mass is 16.5. The van der Waals surface area contributed by atoms with Gasteiger partial charge in [-0.25, -0.2) is 0 Å². The molecule has 0 saturated carbocycles. The summed E-state index contributed by atoms with van der Waals surface area (Å²) >= 11 is 0. The minimum atomic E-state index is 0.453. The molecule has 4 heterocycles. The molecular weight excluding hydrogens is 312 g/mol. The van der Waals surface area contributed by atoms with Crippen LogP contribution in [0.1, 0.15) is 16.8 Å². The maximum Gasteiger partial charge on any atom is 0.0666 e. The summed E-state index contributed by atoms with van der Waals surface area (Å²) in [4.78, 5) is 11.4. The van der Waals surface area contributed by atoms with Crippen LogP contribution in [0.4, 0.5) is 0 Å². The zero-order valence-electron chi connectivity index (χ0n) is 14.6. The van der Waals surface area contributed by atoms with Gasteiger partial charge in [0.15, 0.2) is 0 Å². The third kappa shape index (κ3) is 3.89. The van der Waals surface area contributed by atoms with E-state index in [0.29, 0.717) is 5.92 Å². The summed E-state index contributed by atoms with van der Waals surface area (Å²) in [5.74, 6) is 0.453. The average Bonchev–Trinajstić information content (AvgIpc) is 2.98. The van der Waals surface area contributed by atoms with Crippen LogP contribution in [0, 0.1) is 12.8 Å². The molecule has 1 fully saturated rings. The average molecular weight is 336 g/mol. The van der Waals surface area contributed by atoms with Crippen LogP contribution in [0.25, 0.3) is 5.52 Å². The van der Waals surface area contributed by atoms with E-state index in [1.807, 2.05) is 24.8 Å². The Morgan fingerprint density at radius 1 is 1.28 bits per heavy atom. The highest BCUT2D eigenvalue weighted by molar-refractivity contribution is 5.52. The van der Waals surface area contributed by atoms with E-state index < -0.39 is 0 Å². The highest BCUT2D eigenvalue weighted by Gasteiger charge is 2.20. The molecule has 1 atom stereocenters. The number of ether oxygens (including phenoxy) is 1. The van der Waals surface area contributed by atoms with Crippen molar-refractivity contribution in [2.75, 3.05) is 26.3 Å². The molecule has 1 aliphatic rings. The molecule has 4 rings (SSSR count). The Morgan fingerprint density at radius 3 is 3.16 bits per heavy atom. The molecule has 5 heteroatoms. The van der Waals surface area contributed by atoms with Crippen LogP contribution >= 0.6 is 0 Å². The number of aromatic nitrogens is 3. The van der Waals surface area contributed by atoms with E-state index in [-0.39, 0.29) is 0 Å². The first-order chi connectivity index (χ1) is 12.3. The van der Waals surface area contributed by atoms with Gasteiger partial charge in [0.2, 0.25) is 0 Å². The number of pyridine rings is 1. The van der Waals surface area contributed by atoms with E-state index >= 15 is 0 Å². The van der Waals surface area contributed by atoms with Gasteiger partial charge in [0.25, 0.3) is 0 Å². The van der Waals surface area contributed by atoms with E-state index in [2.05, 4.69) is 50.6 Å². The minimum Gasteiger partial charge on any atom is -0.380 e. The number of nitrogens with zero attached hydrogens (tertiary/aromatic N) is 4. The largest absolute Gasteiger partial charge is 0.380 e. The van der Waals surface area contributed by atoms with Crippen LogP contribution in [-0.2, 0) is 17.7 Å². The Balaban J connectivity index is 1.47. The molecule has 0 amide bonds. The van der Waals surface area contributed by atoms with Crippen molar-refractivity contribution in [2.24, 2.45) is 5.92 Å². The summed E-state index contributed by atoms with van der Waals surface area (Å²) < 4.78 is 8.01. The normalized spacial score (nSPS) is 19.2. The van der Waals surface area contributed by atoms with Crippen molar-refractivity contribution in [1.29, 1.82) is 0 Å². The fourth-order valence-electron chi connectivity index (χ4n) is 3.64. The molecule has 0 radical (unpaired) electrons. The fourth-order valence-corrected chi connectivity index (χ4v) is 3.64. The fraction of sp³-hybridized carbons (Fsp3) is 0.400. The topological polar surface area (TPSA) is 42.7 Å². The van der Waals surface area contributed by atoms with Crippen LogP contribution in [0.3, 0.4) is 0 Å². The Bertz CT molecular complexity index is 844. The van der Waals surface area contributed by atoms with Crippen molar-refractivity contribution in [3.05, 3.63) is 66.0 Å². The molecule has 1 unspecified atom stereocenters. The first-order valence-corrected chi connectivity index (χ1v) is 8.89. The SMILES string of the molecule is Cc1cncc(CN2CCOCC(Cc3nccn4cccc34)C2)c1. The van der Waals surface area contributed by atoms with Gasteiger partial charge in [-0.15, -0.1) is 0 Å². The second kappa shape index (κ2) is 7.33. The predicted molar refractivity (Wildman–Crippen MR) is 97.5 cm³/mol. The first-order valence-electron chi connectivity index (χ1n) is 8.89.